The van der Waals surface area contributed by atoms with Crippen LogP contribution in [0, 0.1) is 11.7 Å². The van der Waals surface area contributed by atoms with Crippen LogP contribution in [-0.4, -0.2) is 39.5 Å². The highest BCUT2D eigenvalue weighted by Crippen LogP contribution is 2.25. The summed E-state index contributed by atoms with van der Waals surface area (Å²) in [7, 11) is 1.77. The summed E-state index contributed by atoms with van der Waals surface area (Å²) in [5.41, 5.74) is 1.75. The molecule has 1 aliphatic rings. The molecule has 1 saturated heterocycles. The molecule has 1 aliphatic heterocycles. The average molecular weight is 371 g/mol. The van der Waals surface area contributed by atoms with Crippen LogP contribution in [0.5, 0.6) is 0 Å². The number of aryl methyl sites for hydroxylation is 1. The van der Waals surface area contributed by atoms with E-state index in [0.29, 0.717) is 24.3 Å². The summed E-state index contributed by atoms with van der Waals surface area (Å²) in [6, 6.07) is 7.45. The van der Waals surface area contributed by atoms with E-state index in [2.05, 4.69) is 25.9 Å². The second-order valence-corrected chi connectivity index (χ2v) is 8.25. The van der Waals surface area contributed by atoms with Crippen LogP contribution in [0.1, 0.15) is 60.2 Å². The van der Waals surface area contributed by atoms with Crippen molar-refractivity contribution in [1.82, 2.24) is 14.7 Å². The Labute approximate surface area is 159 Å². The van der Waals surface area contributed by atoms with Gasteiger partial charge >= 0.3 is 0 Å². The van der Waals surface area contributed by atoms with Crippen molar-refractivity contribution in [3.63, 3.8) is 0 Å². The first-order valence-corrected chi connectivity index (χ1v) is 9.30. The lowest BCUT2D eigenvalue weighted by Gasteiger charge is -2.32. The normalized spacial score (nSPS) is 17.8. The van der Waals surface area contributed by atoms with Gasteiger partial charge in [0.15, 0.2) is 5.78 Å². The van der Waals surface area contributed by atoms with E-state index >= 15 is 0 Å². The molecule has 0 saturated carbocycles. The van der Waals surface area contributed by atoms with Crippen LogP contribution in [0.25, 0.3) is 0 Å². The highest BCUT2D eigenvalue weighted by molar-refractivity contribution is 5.99. The molecule has 1 atom stereocenters. The summed E-state index contributed by atoms with van der Waals surface area (Å²) in [5, 5.41) is 4.47. The van der Waals surface area contributed by atoms with Crippen LogP contribution < -0.4 is 0 Å². The molecular weight excluding hydrogens is 345 g/mol. The molecule has 0 N–H and O–H groups in total. The lowest BCUT2D eigenvalue weighted by molar-refractivity contribution is 0.0628. The molecule has 1 fully saturated rings. The predicted molar refractivity (Wildman–Crippen MR) is 101 cm³/mol. The van der Waals surface area contributed by atoms with Crippen molar-refractivity contribution < 1.29 is 14.0 Å². The molecule has 0 bridgehead atoms. The van der Waals surface area contributed by atoms with Crippen LogP contribution in [0.2, 0.25) is 0 Å². The maximum Gasteiger partial charge on any atom is 0.272 e. The number of amides is 1. The van der Waals surface area contributed by atoms with Crippen LogP contribution in [-0.2, 0) is 12.5 Å². The Morgan fingerprint density at radius 3 is 2.44 bits per heavy atom. The quantitative estimate of drug-likeness (QED) is 0.775. The molecular formula is C21H26FN3O2. The average Bonchev–Trinajstić information content (AvgIpc) is 3.03. The number of ketones is 1. The third-order valence-corrected chi connectivity index (χ3v) is 5.08. The van der Waals surface area contributed by atoms with Crippen molar-refractivity contribution in [2.24, 2.45) is 13.0 Å². The van der Waals surface area contributed by atoms with E-state index in [0.717, 1.165) is 18.5 Å². The molecule has 5 nitrogen and oxygen atoms in total. The molecule has 0 radical (unpaired) electrons. The minimum absolute atomic E-state index is 0.0344. The van der Waals surface area contributed by atoms with Crippen molar-refractivity contribution in [1.29, 1.82) is 0 Å². The summed E-state index contributed by atoms with van der Waals surface area (Å²) in [5.74, 6) is -0.758. The van der Waals surface area contributed by atoms with Gasteiger partial charge in [-0.05, 0) is 43.2 Å². The number of hydrogen-bond donors (Lipinski definition) is 0. The SMILES string of the molecule is Cn1nc(C(C)(C)C)cc1C(=O)N1CCC[C@H](C(=O)c2ccc(F)cc2)C1. The molecule has 144 valence electrons. The summed E-state index contributed by atoms with van der Waals surface area (Å²) in [6.07, 6.45) is 1.51. The van der Waals surface area contributed by atoms with E-state index < -0.39 is 0 Å². The molecule has 27 heavy (non-hydrogen) atoms. The molecule has 0 aliphatic carbocycles. The number of halogens is 1. The van der Waals surface area contributed by atoms with Gasteiger partial charge in [0, 0.05) is 37.0 Å². The Kier molecular flexibility index (Phi) is 5.18. The van der Waals surface area contributed by atoms with E-state index in [1.54, 1.807) is 16.6 Å². The second kappa shape index (κ2) is 7.25. The summed E-state index contributed by atoms with van der Waals surface area (Å²) in [4.78, 5) is 27.5. The van der Waals surface area contributed by atoms with E-state index in [-0.39, 0.29) is 28.8 Å². The Morgan fingerprint density at radius 1 is 1.19 bits per heavy atom. The zero-order chi connectivity index (χ0) is 19.8. The van der Waals surface area contributed by atoms with E-state index in [1.165, 1.54) is 24.3 Å². The lowest BCUT2D eigenvalue weighted by atomic mass is 9.89. The van der Waals surface area contributed by atoms with Gasteiger partial charge in [-0.25, -0.2) is 4.39 Å². The van der Waals surface area contributed by atoms with Crippen molar-refractivity contribution in [3.05, 3.63) is 53.1 Å². The van der Waals surface area contributed by atoms with Crippen LogP contribution in [0.4, 0.5) is 4.39 Å². The number of Topliss-reactive ketones (excluding diaryl/α,β-unsaturated/α-hetero) is 1. The molecule has 2 heterocycles. The van der Waals surface area contributed by atoms with Crippen LogP contribution in [0.3, 0.4) is 0 Å². The smallest absolute Gasteiger partial charge is 0.272 e. The fraction of sp³-hybridized carbons (Fsp3) is 0.476. The third kappa shape index (κ3) is 4.10. The predicted octanol–water partition coefficient (Wildman–Crippen LogP) is 3.59. The highest BCUT2D eigenvalue weighted by Gasteiger charge is 2.31. The number of carbonyl (C=O) groups excluding carboxylic acids is 2. The first kappa shape index (κ1) is 19.3. The van der Waals surface area contributed by atoms with E-state index in [4.69, 9.17) is 0 Å². The molecule has 1 aromatic heterocycles. The fourth-order valence-electron chi connectivity index (χ4n) is 3.42. The first-order chi connectivity index (χ1) is 12.7. The first-order valence-electron chi connectivity index (χ1n) is 9.30. The lowest BCUT2D eigenvalue weighted by Crippen LogP contribution is -2.43. The second-order valence-electron chi connectivity index (χ2n) is 8.25. The van der Waals surface area contributed by atoms with Gasteiger partial charge in [-0.1, -0.05) is 20.8 Å². The number of aromatic nitrogens is 2. The van der Waals surface area contributed by atoms with Gasteiger partial charge in [-0.15, -0.1) is 0 Å². The van der Waals surface area contributed by atoms with Crippen molar-refractivity contribution >= 4 is 11.7 Å². The van der Waals surface area contributed by atoms with Gasteiger partial charge < -0.3 is 4.90 Å². The van der Waals surface area contributed by atoms with E-state index in [9.17, 15) is 14.0 Å². The maximum absolute atomic E-state index is 13.1. The minimum Gasteiger partial charge on any atom is -0.337 e. The molecule has 0 spiro atoms. The number of hydrogen-bond acceptors (Lipinski definition) is 3. The Bertz CT molecular complexity index is 849. The summed E-state index contributed by atoms with van der Waals surface area (Å²) in [6.45, 7) is 7.18. The van der Waals surface area contributed by atoms with Gasteiger partial charge in [-0.3, -0.25) is 14.3 Å². The number of likely N-dealkylation sites (tertiary alicyclic amines) is 1. The molecule has 0 unspecified atom stereocenters. The Hall–Kier alpha value is -2.50. The standard InChI is InChI=1S/C21H26FN3O2/c1-21(2,3)18-12-17(24(4)23-18)20(27)25-11-5-6-15(13-25)19(26)14-7-9-16(22)10-8-14/h7-10,12,15H,5-6,11,13H2,1-4H3/t15-/m0/s1. The van der Waals surface area contributed by atoms with Crippen LogP contribution in [0.15, 0.2) is 30.3 Å². The third-order valence-electron chi connectivity index (χ3n) is 5.08. The van der Waals surface area contributed by atoms with Crippen LogP contribution >= 0.6 is 0 Å². The van der Waals surface area contributed by atoms with Gasteiger partial charge in [0.2, 0.25) is 0 Å². The fourth-order valence-corrected chi connectivity index (χ4v) is 3.42. The van der Waals surface area contributed by atoms with Crippen molar-refractivity contribution in [3.8, 4) is 0 Å². The molecule has 1 aromatic carbocycles. The van der Waals surface area contributed by atoms with E-state index in [1.807, 2.05) is 6.07 Å². The number of rotatable bonds is 3. The largest absolute Gasteiger partial charge is 0.337 e. The van der Waals surface area contributed by atoms with Gasteiger partial charge in [0.05, 0.1) is 5.69 Å². The summed E-state index contributed by atoms with van der Waals surface area (Å²) < 4.78 is 14.7. The molecule has 3 rings (SSSR count). The number of piperidine rings is 1. The van der Waals surface area contributed by atoms with Gasteiger partial charge in [0.25, 0.3) is 5.91 Å². The highest BCUT2D eigenvalue weighted by atomic mass is 19.1. The molecule has 2 aromatic rings. The Morgan fingerprint density at radius 2 is 1.85 bits per heavy atom. The summed E-state index contributed by atoms with van der Waals surface area (Å²) >= 11 is 0. The number of benzene rings is 1. The molecule has 6 heteroatoms. The topological polar surface area (TPSA) is 55.2 Å². The monoisotopic (exact) mass is 371 g/mol. The number of carbonyl (C=O) groups is 2. The zero-order valence-electron chi connectivity index (χ0n) is 16.3. The zero-order valence-corrected chi connectivity index (χ0v) is 16.3. The van der Waals surface area contributed by atoms with Gasteiger partial charge in [0.1, 0.15) is 11.5 Å². The van der Waals surface area contributed by atoms with Crippen molar-refractivity contribution in [2.75, 3.05) is 13.1 Å². The van der Waals surface area contributed by atoms with Gasteiger partial charge in [-0.2, -0.15) is 5.10 Å². The van der Waals surface area contributed by atoms with Crippen molar-refractivity contribution in [2.45, 2.75) is 39.0 Å². The molecule has 1 amide bonds. The maximum atomic E-state index is 13.1. The minimum atomic E-state index is -0.363. The number of nitrogens with zero attached hydrogens (tertiary/aromatic N) is 3. The Balaban J connectivity index is 1.76.